The third-order valence-corrected chi connectivity index (χ3v) is 3.17. The standard InChI is InChI=1S/C14H21Cl2N3O.HI/c1-3-17-14(18-7-4-8-20-2)19-10-11-5-6-12(15)9-13(11)16;/h5-6,9H,3-4,7-8,10H2,1-2H3,(H2,17,18,19);1H. The van der Waals surface area contributed by atoms with Gasteiger partial charge in [-0.2, -0.15) is 0 Å². The fourth-order valence-electron chi connectivity index (χ4n) is 1.58. The predicted octanol–water partition coefficient (Wildman–Crippen LogP) is 3.70. The molecule has 0 saturated heterocycles. The van der Waals surface area contributed by atoms with Gasteiger partial charge in [-0.25, -0.2) is 4.99 Å². The molecule has 0 bridgehead atoms. The largest absolute Gasteiger partial charge is 0.385 e. The highest BCUT2D eigenvalue weighted by molar-refractivity contribution is 14.0. The number of aliphatic imine (C=N–C) groups is 1. The first kappa shape index (κ1) is 20.8. The lowest BCUT2D eigenvalue weighted by molar-refractivity contribution is 0.195. The third-order valence-electron chi connectivity index (χ3n) is 2.58. The van der Waals surface area contributed by atoms with Gasteiger partial charge in [-0.15, -0.1) is 24.0 Å². The van der Waals surface area contributed by atoms with E-state index in [-0.39, 0.29) is 24.0 Å². The molecule has 0 atom stereocenters. The molecule has 120 valence electrons. The van der Waals surface area contributed by atoms with Crippen molar-refractivity contribution in [3.05, 3.63) is 33.8 Å². The number of halogens is 3. The summed E-state index contributed by atoms with van der Waals surface area (Å²) in [5.41, 5.74) is 0.949. The molecule has 0 aromatic heterocycles. The van der Waals surface area contributed by atoms with Crippen LogP contribution in [0.2, 0.25) is 10.0 Å². The number of nitrogens with zero attached hydrogens (tertiary/aromatic N) is 1. The molecule has 0 heterocycles. The topological polar surface area (TPSA) is 45.7 Å². The first-order chi connectivity index (χ1) is 9.67. The Morgan fingerprint density at radius 3 is 2.67 bits per heavy atom. The number of methoxy groups -OCH3 is 1. The molecule has 2 N–H and O–H groups in total. The molecule has 1 rings (SSSR count). The van der Waals surface area contributed by atoms with Crippen LogP contribution in [0.5, 0.6) is 0 Å². The van der Waals surface area contributed by atoms with Gasteiger partial charge in [0.15, 0.2) is 5.96 Å². The lowest BCUT2D eigenvalue weighted by Crippen LogP contribution is -2.38. The second-order valence-corrected chi connectivity index (χ2v) is 5.05. The highest BCUT2D eigenvalue weighted by Crippen LogP contribution is 2.21. The molecule has 0 spiro atoms. The van der Waals surface area contributed by atoms with Crippen LogP contribution in [0.25, 0.3) is 0 Å². The summed E-state index contributed by atoms with van der Waals surface area (Å²) in [5.74, 6) is 0.773. The summed E-state index contributed by atoms with van der Waals surface area (Å²) in [6.07, 6.45) is 0.933. The molecule has 0 amide bonds. The maximum absolute atomic E-state index is 6.12. The van der Waals surface area contributed by atoms with E-state index in [0.717, 1.165) is 37.6 Å². The number of rotatable bonds is 7. The second-order valence-electron chi connectivity index (χ2n) is 4.20. The van der Waals surface area contributed by atoms with Crippen molar-refractivity contribution < 1.29 is 4.74 Å². The van der Waals surface area contributed by atoms with Gasteiger partial charge < -0.3 is 15.4 Å². The molecular weight excluding hydrogens is 424 g/mol. The van der Waals surface area contributed by atoms with Crippen LogP contribution < -0.4 is 10.6 Å². The highest BCUT2D eigenvalue weighted by Gasteiger charge is 2.02. The van der Waals surface area contributed by atoms with Crippen molar-refractivity contribution in [3.8, 4) is 0 Å². The Kier molecular flexibility index (Phi) is 12.2. The number of hydrogen-bond acceptors (Lipinski definition) is 2. The first-order valence-corrected chi connectivity index (χ1v) is 7.38. The van der Waals surface area contributed by atoms with Crippen molar-refractivity contribution >= 4 is 53.1 Å². The van der Waals surface area contributed by atoms with E-state index in [4.69, 9.17) is 27.9 Å². The van der Waals surface area contributed by atoms with Crippen LogP contribution in [0, 0.1) is 0 Å². The average Bonchev–Trinajstić information content (AvgIpc) is 2.42. The van der Waals surface area contributed by atoms with E-state index < -0.39 is 0 Å². The minimum Gasteiger partial charge on any atom is -0.385 e. The molecule has 0 radical (unpaired) electrons. The summed E-state index contributed by atoms with van der Waals surface area (Å²) in [6, 6.07) is 5.44. The van der Waals surface area contributed by atoms with Crippen LogP contribution in [0.4, 0.5) is 0 Å². The predicted molar refractivity (Wildman–Crippen MR) is 101 cm³/mol. The Hall–Kier alpha value is -0.240. The quantitative estimate of drug-likeness (QED) is 0.291. The van der Waals surface area contributed by atoms with Gasteiger partial charge in [0.05, 0.1) is 6.54 Å². The minimum atomic E-state index is 0. The Morgan fingerprint density at radius 2 is 2.05 bits per heavy atom. The normalized spacial score (nSPS) is 11.0. The molecule has 0 aliphatic rings. The SMILES string of the molecule is CCNC(=NCc1ccc(Cl)cc1Cl)NCCCOC.I. The molecule has 7 heteroatoms. The van der Waals surface area contributed by atoms with E-state index in [2.05, 4.69) is 15.6 Å². The van der Waals surface area contributed by atoms with Crippen molar-refractivity contribution in [1.29, 1.82) is 0 Å². The molecule has 0 aliphatic heterocycles. The van der Waals surface area contributed by atoms with Gasteiger partial charge in [0, 0.05) is 36.9 Å². The molecular formula is C14H22Cl2IN3O. The highest BCUT2D eigenvalue weighted by atomic mass is 127. The summed E-state index contributed by atoms with van der Waals surface area (Å²) in [7, 11) is 1.70. The van der Waals surface area contributed by atoms with Crippen molar-refractivity contribution in [2.75, 3.05) is 26.8 Å². The van der Waals surface area contributed by atoms with E-state index in [0.29, 0.717) is 16.6 Å². The van der Waals surface area contributed by atoms with Gasteiger partial charge >= 0.3 is 0 Å². The van der Waals surface area contributed by atoms with Crippen LogP contribution >= 0.6 is 47.2 Å². The van der Waals surface area contributed by atoms with Crippen LogP contribution in [0.3, 0.4) is 0 Å². The van der Waals surface area contributed by atoms with Crippen LogP contribution in [-0.2, 0) is 11.3 Å². The Balaban J connectivity index is 0.00000400. The average molecular weight is 446 g/mol. The van der Waals surface area contributed by atoms with Gasteiger partial charge in [0.2, 0.25) is 0 Å². The van der Waals surface area contributed by atoms with Gasteiger partial charge in [-0.05, 0) is 31.0 Å². The summed E-state index contributed by atoms with van der Waals surface area (Å²) in [5, 5.41) is 7.70. The summed E-state index contributed by atoms with van der Waals surface area (Å²) in [6.45, 7) is 4.89. The smallest absolute Gasteiger partial charge is 0.191 e. The first-order valence-electron chi connectivity index (χ1n) is 6.62. The number of ether oxygens (including phenoxy) is 1. The van der Waals surface area contributed by atoms with E-state index in [1.165, 1.54) is 0 Å². The zero-order chi connectivity index (χ0) is 14.8. The molecule has 0 saturated carbocycles. The molecule has 1 aromatic carbocycles. The fourth-order valence-corrected chi connectivity index (χ4v) is 2.05. The van der Waals surface area contributed by atoms with E-state index in [1.54, 1.807) is 13.2 Å². The lowest BCUT2D eigenvalue weighted by atomic mass is 10.2. The number of benzene rings is 1. The maximum atomic E-state index is 6.12. The van der Waals surface area contributed by atoms with Gasteiger partial charge in [-0.1, -0.05) is 29.3 Å². The van der Waals surface area contributed by atoms with E-state index >= 15 is 0 Å². The number of guanidine groups is 1. The van der Waals surface area contributed by atoms with E-state index in [1.807, 2.05) is 19.1 Å². The monoisotopic (exact) mass is 445 g/mol. The molecule has 4 nitrogen and oxygen atoms in total. The fraction of sp³-hybridized carbons (Fsp3) is 0.500. The summed E-state index contributed by atoms with van der Waals surface area (Å²) >= 11 is 12.0. The van der Waals surface area contributed by atoms with Crippen LogP contribution in [-0.4, -0.2) is 32.8 Å². The molecule has 21 heavy (non-hydrogen) atoms. The van der Waals surface area contributed by atoms with Crippen molar-refractivity contribution in [1.82, 2.24) is 10.6 Å². The van der Waals surface area contributed by atoms with Crippen LogP contribution in [0.1, 0.15) is 18.9 Å². The number of nitrogens with one attached hydrogen (secondary N) is 2. The van der Waals surface area contributed by atoms with Gasteiger partial charge in [0.25, 0.3) is 0 Å². The van der Waals surface area contributed by atoms with Gasteiger partial charge in [0.1, 0.15) is 0 Å². The molecule has 0 unspecified atom stereocenters. The molecule has 0 fully saturated rings. The third kappa shape index (κ3) is 8.70. The Labute approximate surface area is 153 Å². The molecule has 0 aliphatic carbocycles. The van der Waals surface area contributed by atoms with Crippen LogP contribution in [0.15, 0.2) is 23.2 Å². The van der Waals surface area contributed by atoms with Gasteiger partial charge in [-0.3, -0.25) is 0 Å². The molecule has 1 aromatic rings. The van der Waals surface area contributed by atoms with E-state index in [9.17, 15) is 0 Å². The Morgan fingerprint density at radius 1 is 1.29 bits per heavy atom. The number of hydrogen-bond donors (Lipinski definition) is 2. The second kappa shape index (κ2) is 12.3. The zero-order valence-electron chi connectivity index (χ0n) is 12.3. The maximum Gasteiger partial charge on any atom is 0.191 e. The van der Waals surface area contributed by atoms with Crippen molar-refractivity contribution in [3.63, 3.8) is 0 Å². The summed E-state index contributed by atoms with van der Waals surface area (Å²) in [4.78, 5) is 4.50. The van der Waals surface area contributed by atoms with Crippen molar-refractivity contribution in [2.45, 2.75) is 19.9 Å². The minimum absolute atomic E-state index is 0. The lowest BCUT2D eigenvalue weighted by Gasteiger charge is -2.11. The zero-order valence-corrected chi connectivity index (χ0v) is 16.1. The van der Waals surface area contributed by atoms with Crippen molar-refractivity contribution in [2.24, 2.45) is 4.99 Å². The Bertz CT molecular complexity index is 444. The summed E-state index contributed by atoms with van der Waals surface area (Å²) < 4.78 is 5.01.